The van der Waals surface area contributed by atoms with Gasteiger partial charge < -0.3 is 9.47 Å². The van der Waals surface area contributed by atoms with Gasteiger partial charge in [0.25, 0.3) is 0 Å². The van der Waals surface area contributed by atoms with Crippen LogP contribution in [0.2, 0.25) is 0 Å². The SMILES string of the molecule is CCCOCCOC1(CI)CCC(CC)CC1. The Hall–Kier alpha value is 0.650. The van der Waals surface area contributed by atoms with Crippen LogP contribution in [0.3, 0.4) is 0 Å². The topological polar surface area (TPSA) is 18.5 Å². The second kappa shape index (κ2) is 8.70. The van der Waals surface area contributed by atoms with E-state index < -0.39 is 0 Å². The monoisotopic (exact) mass is 354 g/mol. The first-order chi connectivity index (χ1) is 8.26. The van der Waals surface area contributed by atoms with Crippen molar-refractivity contribution in [3.05, 3.63) is 0 Å². The van der Waals surface area contributed by atoms with Crippen LogP contribution >= 0.6 is 22.6 Å². The maximum absolute atomic E-state index is 6.13. The zero-order valence-corrected chi connectivity index (χ0v) is 13.5. The third kappa shape index (κ3) is 5.43. The van der Waals surface area contributed by atoms with Crippen LogP contribution in [-0.4, -0.2) is 29.8 Å². The summed E-state index contributed by atoms with van der Waals surface area (Å²) in [6.45, 7) is 6.82. The lowest BCUT2D eigenvalue weighted by atomic mass is 9.79. The van der Waals surface area contributed by atoms with Gasteiger partial charge in [-0.15, -0.1) is 0 Å². The van der Waals surface area contributed by atoms with Gasteiger partial charge in [0.15, 0.2) is 0 Å². The van der Waals surface area contributed by atoms with Gasteiger partial charge in [0.05, 0.1) is 18.8 Å². The van der Waals surface area contributed by atoms with Crippen molar-refractivity contribution in [3.8, 4) is 0 Å². The van der Waals surface area contributed by atoms with Gasteiger partial charge in [-0.1, -0.05) is 42.9 Å². The molecule has 1 saturated carbocycles. The van der Waals surface area contributed by atoms with Crippen LogP contribution in [0.25, 0.3) is 0 Å². The van der Waals surface area contributed by atoms with Gasteiger partial charge in [-0.25, -0.2) is 0 Å². The average molecular weight is 354 g/mol. The molecule has 0 aromatic rings. The third-order valence-electron chi connectivity index (χ3n) is 3.82. The van der Waals surface area contributed by atoms with Crippen LogP contribution in [0.5, 0.6) is 0 Å². The average Bonchev–Trinajstić information content (AvgIpc) is 2.39. The van der Waals surface area contributed by atoms with E-state index in [-0.39, 0.29) is 5.60 Å². The first-order valence-corrected chi connectivity index (χ1v) is 8.56. The maximum atomic E-state index is 6.13. The second-order valence-electron chi connectivity index (χ2n) is 5.13. The van der Waals surface area contributed by atoms with Gasteiger partial charge in [-0.05, 0) is 38.0 Å². The summed E-state index contributed by atoms with van der Waals surface area (Å²) in [6, 6.07) is 0. The number of hydrogen-bond acceptors (Lipinski definition) is 2. The Kier molecular flexibility index (Phi) is 8.04. The van der Waals surface area contributed by atoms with Crippen molar-refractivity contribution in [2.24, 2.45) is 5.92 Å². The molecule has 2 nitrogen and oxygen atoms in total. The zero-order chi connectivity index (χ0) is 12.6. The van der Waals surface area contributed by atoms with Crippen molar-refractivity contribution in [1.82, 2.24) is 0 Å². The lowest BCUT2D eigenvalue weighted by Gasteiger charge is -2.38. The molecule has 0 aliphatic heterocycles. The predicted octanol–water partition coefficient (Wildman–Crippen LogP) is 4.20. The standard InChI is InChI=1S/C14H27IO2/c1-3-9-16-10-11-17-14(12-15)7-5-13(4-2)6-8-14/h13H,3-12H2,1-2H3. The summed E-state index contributed by atoms with van der Waals surface area (Å²) in [5.74, 6) is 0.936. The van der Waals surface area contributed by atoms with Crippen molar-refractivity contribution >= 4 is 22.6 Å². The van der Waals surface area contributed by atoms with Gasteiger partial charge in [-0.3, -0.25) is 0 Å². The summed E-state index contributed by atoms with van der Waals surface area (Å²) in [4.78, 5) is 0. The van der Waals surface area contributed by atoms with Crippen LogP contribution in [0.15, 0.2) is 0 Å². The number of alkyl halides is 1. The van der Waals surface area contributed by atoms with Gasteiger partial charge in [0.2, 0.25) is 0 Å². The van der Waals surface area contributed by atoms with E-state index in [2.05, 4.69) is 36.4 Å². The normalized spacial score (nSPS) is 29.5. The van der Waals surface area contributed by atoms with E-state index in [1.54, 1.807) is 0 Å². The van der Waals surface area contributed by atoms with Crippen molar-refractivity contribution in [3.63, 3.8) is 0 Å². The van der Waals surface area contributed by atoms with Crippen LogP contribution in [0.1, 0.15) is 52.4 Å². The molecule has 0 amide bonds. The van der Waals surface area contributed by atoms with Crippen LogP contribution in [0, 0.1) is 5.92 Å². The highest BCUT2D eigenvalue weighted by molar-refractivity contribution is 14.1. The number of hydrogen-bond donors (Lipinski definition) is 0. The van der Waals surface area contributed by atoms with E-state index in [9.17, 15) is 0 Å². The van der Waals surface area contributed by atoms with Crippen molar-refractivity contribution in [2.75, 3.05) is 24.2 Å². The van der Waals surface area contributed by atoms with Crippen LogP contribution in [0.4, 0.5) is 0 Å². The Bertz CT molecular complexity index is 189. The highest BCUT2D eigenvalue weighted by Crippen LogP contribution is 2.37. The minimum atomic E-state index is 0.155. The predicted molar refractivity (Wildman–Crippen MR) is 80.9 cm³/mol. The molecule has 0 saturated heterocycles. The van der Waals surface area contributed by atoms with Crippen LogP contribution < -0.4 is 0 Å². The molecule has 102 valence electrons. The maximum Gasteiger partial charge on any atom is 0.0772 e. The number of halogens is 1. The first kappa shape index (κ1) is 15.7. The van der Waals surface area contributed by atoms with Gasteiger partial charge in [0.1, 0.15) is 0 Å². The molecule has 0 unspecified atom stereocenters. The Morgan fingerprint density at radius 2 is 1.82 bits per heavy atom. The Morgan fingerprint density at radius 1 is 1.12 bits per heavy atom. The Labute approximate surface area is 120 Å². The molecule has 0 aromatic heterocycles. The molecule has 1 fully saturated rings. The third-order valence-corrected chi connectivity index (χ3v) is 5.21. The quantitative estimate of drug-likeness (QED) is 0.369. The molecule has 0 atom stereocenters. The molecule has 0 heterocycles. The van der Waals surface area contributed by atoms with E-state index in [4.69, 9.17) is 9.47 Å². The molecule has 1 rings (SSSR count). The lowest BCUT2D eigenvalue weighted by molar-refractivity contribution is -0.0777. The lowest BCUT2D eigenvalue weighted by Crippen LogP contribution is -2.39. The highest BCUT2D eigenvalue weighted by Gasteiger charge is 2.34. The largest absolute Gasteiger partial charge is 0.379 e. The summed E-state index contributed by atoms with van der Waals surface area (Å²) >= 11 is 2.48. The molecule has 0 N–H and O–H groups in total. The summed E-state index contributed by atoms with van der Waals surface area (Å²) in [7, 11) is 0. The Balaban J connectivity index is 2.22. The Morgan fingerprint density at radius 3 is 2.35 bits per heavy atom. The van der Waals surface area contributed by atoms with Crippen molar-refractivity contribution in [1.29, 1.82) is 0 Å². The van der Waals surface area contributed by atoms with Crippen molar-refractivity contribution in [2.45, 2.75) is 58.0 Å². The van der Waals surface area contributed by atoms with Crippen molar-refractivity contribution < 1.29 is 9.47 Å². The van der Waals surface area contributed by atoms with Gasteiger partial charge in [0, 0.05) is 11.0 Å². The fourth-order valence-electron chi connectivity index (χ4n) is 2.49. The highest BCUT2D eigenvalue weighted by atomic mass is 127. The molecular formula is C14H27IO2. The molecule has 0 bridgehead atoms. The van der Waals surface area contributed by atoms with Crippen LogP contribution in [-0.2, 0) is 9.47 Å². The smallest absolute Gasteiger partial charge is 0.0772 e. The number of ether oxygens (including phenoxy) is 2. The van der Waals surface area contributed by atoms with E-state index in [0.29, 0.717) is 0 Å². The molecule has 3 heteroatoms. The summed E-state index contributed by atoms with van der Waals surface area (Å²) in [6.07, 6.45) is 7.58. The van der Waals surface area contributed by atoms with E-state index in [1.807, 2.05) is 0 Å². The summed E-state index contributed by atoms with van der Waals surface area (Å²) in [5.41, 5.74) is 0.155. The molecular weight excluding hydrogens is 327 g/mol. The van der Waals surface area contributed by atoms with E-state index in [1.165, 1.54) is 32.1 Å². The molecule has 1 aliphatic rings. The molecule has 0 aromatic carbocycles. The molecule has 0 spiro atoms. The molecule has 0 radical (unpaired) electrons. The summed E-state index contributed by atoms with van der Waals surface area (Å²) < 4.78 is 12.7. The minimum Gasteiger partial charge on any atom is -0.379 e. The summed E-state index contributed by atoms with van der Waals surface area (Å²) in [5, 5.41) is 0. The molecule has 17 heavy (non-hydrogen) atoms. The van der Waals surface area contributed by atoms with E-state index >= 15 is 0 Å². The first-order valence-electron chi connectivity index (χ1n) is 7.04. The number of rotatable bonds is 8. The second-order valence-corrected chi connectivity index (χ2v) is 5.89. The van der Waals surface area contributed by atoms with Gasteiger partial charge >= 0.3 is 0 Å². The van der Waals surface area contributed by atoms with Gasteiger partial charge in [-0.2, -0.15) is 0 Å². The fraction of sp³-hybridized carbons (Fsp3) is 1.00. The minimum absolute atomic E-state index is 0.155. The van der Waals surface area contributed by atoms with E-state index in [0.717, 1.165) is 36.6 Å². The molecule has 1 aliphatic carbocycles. The zero-order valence-electron chi connectivity index (χ0n) is 11.3. The fourth-order valence-corrected chi connectivity index (χ4v) is 3.47.